The Morgan fingerprint density at radius 3 is 2.37 bits per heavy atom. The van der Waals surface area contributed by atoms with Crippen molar-refractivity contribution in [3.63, 3.8) is 0 Å². The van der Waals surface area contributed by atoms with E-state index in [2.05, 4.69) is 9.97 Å². The predicted octanol–water partition coefficient (Wildman–Crippen LogP) is 2.99. The van der Waals surface area contributed by atoms with E-state index in [0.29, 0.717) is 32.1 Å². The van der Waals surface area contributed by atoms with Gasteiger partial charge in [0, 0.05) is 37.4 Å². The molecule has 2 aliphatic rings. The lowest BCUT2D eigenvalue weighted by Crippen LogP contribution is -2.48. The Kier molecular flexibility index (Phi) is 4.57. The summed E-state index contributed by atoms with van der Waals surface area (Å²) in [4.78, 5) is 23.5. The molecule has 27 heavy (non-hydrogen) atoms. The molecule has 1 fully saturated rings. The summed E-state index contributed by atoms with van der Waals surface area (Å²) in [5, 5.41) is 0. The summed E-state index contributed by atoms with van der Waals surface area (Å²) < 4.78 is 39.8. The van der Waals surface area contributed by atoms with E-state index in [0.717, 1.165) is 43.0 Å². The minimum atomic E-state index is -4.38. The van der Waals surface area contributed by atoms with Gasteiger partial charge in [0.25, 0.3) is 5.56 Å². The molecule has 8 heteroatoms. The number of anilines is 2. The number of aromatic amines is 1. The van der Waals surface area contributed by atoms with Crippen molar-refractivity contribution in [1.29, 1.82) is 0 Å². The van der Waals surface area contributed by atoms with E-state index >= 15 is 0 Å². The molecule has 2 heterocycles. The zero-order chi connectivity index (χ0) is 19.0. The summed E-state index contributed by atoms with van der Waals surface area (Å²) in [6, 6.07) is 5.66. The van der Waals surface area contributed by atoms with Crippen LogP contribution in [0.3, 0.4) is 0 Å². The minimum Gasteiger partial charge on any atom is -0.367 e. The van der Waals surface area contributed by atoms with Crippen LogP contribution in [0.2, 0.25) is 0 Å². The topological polar surface area (TPSA) is 52.2 Å². The van der Waals surface area contributed by atoms with Crippen molar-refractivity contribution in [2.75, 3.05) is 36.0 Å². The summed E-state index contributed by atoms with van der Waals surface area (Å²) in [6.07, 6.45) is -0.760. The van der Waals surface area contributed by atoms with Crippen LogP contribution in [0.15, 0.2) is 29.1 Å². The molecule has 1 aliphatic heterocycles. The highest BCUT2D eigenvalue weighted by atomic mass is 19.4. The van der Waals surface area contributed by atoms with E-state index in [4.69, 9.17) is 0 Å². The first kappa shape index (κ1) is 17.9. The van der Waals surface area contributed by atoms with Gasteiger partial charge in [-0.1, -0.05) is 12.1 Å². The number of halogens is 3. The quantitative estimate of drug-likeness (QED) is 0.873. The summed E-state index contributed by atoms with van der Waals surface area (Å²) in [5.41, 5.74) is 1.16. The smallest absolute Gasteiger partial charge is 0.367 e. The first-order valence-corrected chi connectivity index (χ1v) is 9.21. The lowest BCUT2D eigenvalue weighted by Gasteiger charge is -2.37. The molecule has 144 valence electrons. The average molecular weight is 378 g/mol. The van der Waals surface area contributed by atoms with Crippen molar-refractivity contribution < 1.29 is 13.2 Å². The number of hydrogen-bond acceptors (Lipinski definition) is 4. The molecular weight excluding hydrogens is 357 g/mol. The largest absolute Gasteiger partial charge is 0.418 e. The van der Waals surface area contributed by atoms with E-state index in [-0.39, 0.29) is 11.2 Å². The van der Waals surface area contributed by atoms with Crippen molar-refractivity contribution >= 4 is 11.6 Å². The molecule has 0 saturated carbocycles. The van der Waals surface area contributed by atoms with Gasteiger partial charge in [-0.25, -0.2) is 4.98 Å². The van der Waals surface area contributed by atoms with Gasteiger partial charge in [-0.15, -0.1) is 0 Å². The van der Waals surface area contributed by atoms with Crippen molar-refractivity contribution in [2.45, 2.75) is 31.9 Å². The minimum absolute atomic E-state index is 0.0838. The molecule has 1 N–H and O–H groups in total. The number of hydrogen-bond donors (Lipinski definition) is 1. The number of benzene rings is 1. The maximum Gasteiger partial charge on any atom is 0.418 e. The highest BCUT2D eigenvalue weighted by Gasteiger charge is 2.35. The Morgan fingerprint density at radius 1 is 0.963 bits per heavy atom. The third-order valence-electron chi connectivity index (χ3n) is 5.31. The second-order valence-corrected chi connectivity index (χ2v) is 7.01. The first-order chi connectivity index (χ1) is 12.9. The second kappa shape index (κ2) is 6.90. The second-order valence-electron chi connectivity index (χ2n) is 7.01. The van der Waals surface area contributed by atoms with Crippen LogP contribution in [0.4, 0.5) is 24.8 Å². The van der Waals surface area contributed by atoms with Crippen LogP contribution in [-0.4, -0.2) is 36.1 Å². The van der Waals surface area contributed by atoms with Gasteiger partial charge in [0.05, 0.1) is 11.3 Å². The maximum absolute atomic E-state index is 13.3. The van der Waals surface area contributed by atoms with Crippen LogP contribution in [0.1, 0.15) is 29.7 Å². The zero-order valence-corrected chi connectivity index (χ0v) is 14.9. The summed E-state index contributed by atoms with van der Waals surface area (Å²) >= 11 is 0. The molecule has 1 aromatic carbocycles. The van der Waals surface area contributed by atoms with E-state index in [9.17, 15) is 18.0 Å². The van der Waals surface area contributed by atoms with Crippen molar-refractivity contribution in [2.24, 2.45) is 0 Å². The third kappa shape index (κ3) is 3.52. The van der Waals surface area contributed by atoms with E-state index in [1.165, 1.54) is 12.1 Å². The lowest BCUT2D eigenvalue weighted by molar-refractivity contribution is -0.137. The highest BCUT2D eigenvalue weighted by Crippen LogP contribution is 2.36. The van der Waals surface area contributed by atoms with Gasteiger partial charge in [-0.05, 0) is 37.8 Å². The van der Waals surface area contributed by atoms with Crippen LogP contribution in [0.25, 0.3) is 0 Å². The fourth-order valence-electron chi connectivity index (χ4n) is 3.89. The van der Waals surface area contributed by atoms with E-state index < -0.39 is 11.7 Å². The number of rotatable bonds is 2. The predicted molar refractivity (Wildman–Crippen MR) is 97.4 cm³/mol. The molecule has 0 atom stereocenters. The number of fused-ring (bicyclic) bond motifs is 1. The fourth-order valence-corrected chi connectivity index (χ4v) is 3.89. The van der Waals surface area contributed by atoms with Gasteiger partial charge in [0.1, 0.15) is 0 Å². The molecule has 1 aromatic heterocycles. The van der Waals surface area contributed by atoms with Gasteiger partial charge in [0.2, 0.25) is 5.95 Å². The van der Waals surface area contributed by atoms with Crippen LogP contribution in [0.5, 0.6) is 0 Å². The van der Waals surface area contributed by atoms with Crippen molar-refractivity contribution in [3.8, 4) is 0 Å². The molecule has 2 aromatic rings. The van der Waals surface area contributed by atoms with Gasteiger partial charge < -0.3 is 9.80 Å². The Labute approximate surface area is 154 Å². The Morgan fingerprint density at radius 2 is 1.63 bits per heavy atom. The van der Waals surface area contributed by atoms with Crippen LogP contribution < -0.4 is 15.4 Å². The number of aryl methyl sites for hydroxylation is 1. The molecule has 1 aliphatic carbocycles. The number of piperazine rings is 1. The molecular formula is C19H21F3N4O. The van der Waals surface area contributed by atoms with Gasteiger partial charge in [-0.2, -0.15) is 13.2 Å². The number of nitrogens with one attached hydrogen (secondary N) is 1. The molecule has 0 bridgehead atoms. The monoisotopic (exact) mass is 378 g/mol. The molecule has 0 amide bonds. The maximum atomic E-state index is 13.3. The Balaban J connectivity index is 1.52. The molecule has 0 radical (unpaired) electrons. The fraction of sp³-hybridized carbons (Fsp3) is 0.474. The summed E-state index contributed by atoms with van der Waals surface area (Å²) in [7, 11) is 0. The first-order valence-electron chi connectivity index (χ1n) is 9.21. The van der Waals surface area contributed by atoms with Crippen LogP contribution >= 0.6 is 0 Å². The number of nitrogens with zero attached hydrogens (tertiary/aromatic N) is 3. The SMILES string of the molecule is O=c1[nH]c(N2CCN(c3ccccc3C(F)(F)F)CC2)nc2c1CCCC2. The average Bonchev–Trinajstić information content (AvgIpc) is 2.67. The summed E-state index contributed by atoms with van der Waals surface area (Å²) in [5.74, 6) is 0.532. The van der Waals surface area contributed by atoms with Crippen LogP contribution in [0, 0.1) is 0 Å². The lowest BCUT2D eigenvalue weighted by atomic mass is 9.97. The molecule has 5 nitrogen and oxygen atoms in total. The van der Waals surface area contributed by atoms with Crippen molar-refractivity contribution in [3.05, 3.63) is 51.4 Å². The molecule has 0 unspecified atom stereocenters. The number of alkyl halides is 3. The van der Waals surface area contributed by atoms with E-state index in [1.807, 2.05) is 4.90 Å². The van der Waals surface area contributed by atoms with Crippen LogP contribution in [-0.2, 0) is 19.0 Å². The molecule has 4 rings (SSSR count). The van der Waals surface area contributed by atoms with Crippen molar-refractivity contribution in [1.82, 2.24) is 9.97 Å². The van der Waals surface area contributed by atoms with Gasteiger partial charge >= 0.3 is 6.18 Å². The summed E-state index contributed by atoms with van der Waals surface area (Å²) in [6.45, 7) is 1.89. The highest BCUT2D eigenvalue weighted by molar-refractivity contribution is 5.56. The number of H-pyrrole nitrogens is 1. The molecule has 1 saturated heterocycles. The molecule has 0 spiro atoms. The normalized spacial score (nSPS) is 17.7. The number of para-hydroxylation sites is 1. The Hall–Kier alpha value is -2.51. The zero-order valence-electron chi connectivity index (χ0n) is 14.9. The standard InChI is InChI=1S/C19H21F3N4O/c20-19(21,22)14-6-2-4-8-16(14)25-9-11-26(12-10-25)18-23-15-7-3-1-5-13(15)17(27)24-18/h2,4,6,8H,1,3,5,7,9-12H2,(H,23,24,27). The third-order valence-corrected chi connectivity index (χ3v) is 5.31. The Bertz CT molecular complexity index is 885. The van der Waals surface area contributed by atoms with Gasteiger partial charge in [-0.3, -0.25) is 9.78 Å². The number of aromatic nitrogens is 2. The van der Waals surface area contributed by atoms with E-state index in [1.54, 1.807) is 11.0 Å². The van der Waals surface area contributed by atoms with Gasteiger partial charge in [0.15, 0.2) is 0 Å².